The third-order valence-electron chi connectivity index (χ3n) is 7.01. The van der Waals surface area contributed by atoms with E-state index in [0.29, 0.717) is 18.8 Å². The van der Waals surface area contributed by atoms with Gasteiger partial charge in [0.05, 0.1) is 12.6 Å². The maximum Gasteiger partial charge on any atom is 0.271 e. The van der Waals surface area contributed by atoms with Gasteiger partial charge in [-0.2, -0.15) is 0 Å². The van der Waals surface area contributed by atoms with Gasteiger partial charge in [0.1, 0.15) is 23.9 Å². The number of para-hydroxylation sites is 1. The summed E-state index contributed by atoms with van der Waals surface area (Å²) in [6, 6.07) is 20.3. The van der Waals surface area contributed by atoms with Crippen molar-refractivity contribution in [2.45, 2.75) is 44.7 Å². The molecule has 6 nitrogen and oxygen atoms in total. The zero-order chi connectivity index (χ0) is 23.2. The van der Waals surface area contributed by atoms with E-state index in [1.165, 1.54) is 37.7 Å². The van der Waals surface area contributed by atoms with Crippen LogP contribution in [0.5, 0.6) is 5.75 Å². The lowest BCUT2D eigenvalue weighted by Crippen LogP contribution is -2.41. The molecule has 6 heteroatoms. The third-order valence-corrected chi connectivity index (χ3v) is 7.01. The predicted octanol–water partition coefficient (Wildman–Crippen LogP) is 4.68. The molecule has 1 atom stereocenters. The van der Waals surface area contributed by atoms with E-state index >= 15 is 0 Å². The maximum absolute atomic E-state index is 12.9. The van der Waals surface area contributed by atoms with E-state index < -0.39 is 0 Å². The molecule has 1 saturated carbocycles. The van der Waals surface area contributed by atoms with Crippen LogP contribution < -0.4 is 10.1 Å². The maximum atomic E-state index is 12.9. The molecule has 178 valence electrons. The van der Waals surface area contributed by atoms with Crippen LogP contribution in [0.2, 0.25) is 0 Å². The Morgan fingerprint density at radius 2 is 1.71 bits per heavy atom. The number of benzene rings is 2. The molecule has 0 bridgehead atoms. The lowest BCUT2D eigenvalue weighted by molar-refractivity contribution is 0.0942. The van der Waals surface area contributed by atoms with Crippen molar-refractivity contribution in [1.82, 2.24) is 19.8 Å². The van der Waals surface area contributed by atoms with Crippen LogP contribution in [0.3, 0.4) is 0 Å². The van der Waals surface area contributed by atoms with Crippen LogP contribution in [0.1, 0.15) is 60.0 Å². The number of amides is 1. The molecule has 3 aromatic rings. The van der Waals surface area contributed by atoms with Gasteiger partial charge < -0.3 is 14.6 Å². The van der Waals surface area contributed by atoms with Gasteiger partial charge in [0.25, 0.3) is 5.91 Å². The Morgan fingerprint density at radius 3 is 2.47 bits per heavy atom. The van der Waals surface area contributed by atoms with Crippen LogP contribution in [-0.4, -0.2) is 46.6 Å². The number of carbonyl (C=O) groups is 1. The summed E-state index contributed by atoms with van der Waals surface area (Å²) in [6.07, 6.45) is 8.63. The summed E-state index contributed by atoms with van der Waals surface area (Å²) in [6.45, 7) is 3.80. The van der Waals surface area contributed by atoms with E-state index in [1.54, 1.807) is 0 Å². The predicted molar refractivity (Wildman–Crippen MR) is 133 cm³/mol. The second-order valence-electron chi connectivity index (χ2n) is 9.41. The number of rotatable bonds is 8. The van der Waals surface area contributed by atoms with Crippen LogP contribution in [0.4, 0.5) is 0 Å². The molecular weight excluding hydrogens is 424 g/mol. The largest absolute Gasteiger partial charge is 0.492 e. The number of hydrogen-bond donors (Lipinski definition) is 1. The van der Waals surface area contributed by atoms with E-state index in [-0.39, 0.29) is 11.9 Å². The van der Waals surface area contributed by atoms with Gasteiger partial charge >= 0.3 is 0 Å². The standard InChI is InChI=1S/C28H34N4O2/c33-28(29-16-19-34-24-14-8-3-9-15-24)25-21-32-18-17-31(20-22-10-4-1-5-11-22)26(27(32)30-25)23-12-6-2-7-13-23/h2-3,6-9,12-15,21-22,26H,1,4-5,10-11,16-20H2,(H,29,33). The lowest BCUT2D eigenvalue weighted by Gasteiger charge is -2.39. The van der Waals surface area contributed by atoms with Gasteiger partial charge in [-0.15, -0.1) is 0 Å². The van der Waals surface area contributed by atoms with Crippen LogP contribution in [-0.2, 0) is 6.54 Å². The van der Waals surface area contributed by atoms with E-state index in [0.717, 1.165) is 37.1 Å². The number of nitrogens with zero attached hydrogens (tertiary/aromatic N) is 3. The van der Waals surface area contributed by atoms with Gasteiger partial charge in [0, 0.05) is 25.8 Å². The monoisotopic (exact) mass is 458 g/mol. The minimum absolute atomic E-state index is 0.0832. The molecule has 1 fully saturated rings. The first-order chi connectivity index (χ1) is 16.8. The normalized spacial score (nSPS) is 18.9. The molecule has 0 spiro atoms. The second kappa shape index (κ2) is 10.9. The van der Waals surface area contributed by atoms with Crippen molar-refractivity contribution in [3.8, 4) is 5.75 Å². The molecule has 2 heterocycles. The number of ether oxygens (including phenoxy) is 1. The number of hydrogen-bond acceptors (Lipinski definition) is 4. The van der Waals surface area contributed by atoms with Crippen LogP contribution in [0.25, 0.3) is 0 Å². The van der Waals surface area contributed by atoms with Crippen molar-refractivity contribution in [3.05, 3.63) is 83.9 Å². The number of imidazole rings is 1. The first-order valence-electron chi connectivity index (χ1n) is 12.6. The van der Waals surface area contributed by atoms with Crippen molar-refractivity contribution in [1.29, 1.82) is 0 Å². The van der Waals surface area contributed by atoms with E-state index in [1.807, 2.05) is 36.5 Å². The Labute approximate surface area is 202 Å². The van der Waals surface area contributed by atoms with Crippen molar-refractivity contribution in [2.24, 2.45) is 5.92 Å². The molecule has 1 aliphatic carbocycles. The first kappa shape index (κ1) is 22.7. The van der Waals surface area contributed by atoms with Gasteiger partial charge in [-0.3, -0.25) is 9.69 Å². The molecule has 0 saturated heterocycles. The quantitative estimate of drug-likeness (QED) is 0.498. The number of fused-ring (bicyclic) bond motifs is 1. The Balaban J connectivity index is 1.28. The average molecular weight is 459 g/mol. The molecule has 34 heavy (non-hydrogen) atoms. The summed E-state index contributed by atoms with van der Waals surface area (Å²) in [5.41, 5.74) is 1.73. The zero-order valence-electron chi connectivity index (χ0n) is 19.7. The van der Waals surface area contributed by atoms with Crippen LogP contribution in [0, 0.1) is 5.92 Å². The Kier molecular flexibility index (Phi) is 7.25. The van der Waals surface area contributed by atoms with Gasteiger partial charge in [-0.25, -0.2) is 4.98 Å². The molecule has 1 unspecified atom stereocenters. The Bertz CT molecular complexity index is 1060. The second-order valence-corrected chi connectivity index (χ2v) is 9.41. The van der Waals surface area contributed by atoms with E-state index in [2.05, 4.69) is 45.1 Å². The summed E-state index contributed by atoms with van der Waals surface area (Å²) in [5, 5.41) is 2.96. The molecule has 1 aromatic heterocycles. The van der Waals surface area contributed by atoms with E-state index in [9.17, 15) is 4.79 Å². The lowest BCUT2D eigenvalue weighted by atomic mass is 9.88. The number of carbonyl (C=O) groups excluding carboxylic acids is 1. The van der Waals surface area contributed by atoms with Gasteiger partial charge in [0.15, 0.2) is 0 Å². The zero-order valence-corrected chi connectivity index (χ0v) is 19.7. The Hall–Kier alpha value is -3.12. The highest BCUT2D eigenvalue weighted by molar-refractivity contribution is 5.92. The topological polar surface area (TPSA) is 59.4 Å². The molecular formula is C28H34N4O2. The van der Waals surface area contributed by atoms with Crippen molar-refractivity contribution >= 4 is 5.91 Å². The SMILES string of the molecule is O=C(NCCOc1ccccc1)c1cn2c(n1)C(c1ccccc1)N(CC1CCCCC1)CC2. The molecule has 0 radical (unpaired) electrons. The molecule has 2 aromatic carbocycles. The summed E-state index contributed by atoms with van der Waals surface area (Å²) >= 11 is 0. The van der Waals surface area contributed by atoms with Crippen LogP contribution in [0.15, 0.2) is 66.9 Å². The smallest absolute Gasteiger partial charge is 0.271 e. The highest BCUT2D eigenvalue weighted by Gasteiger charge is 2.33. The third kappa shape index (κ3) is 5.33. The molecule has 5 rings (SSSR count). The summed E-state index contributed by atoms with van der Waals surface area (Å²) < 4.78 is 7.86. The summed E-state index contributed by atoms with van der Waals surface area (Å²) in [5.74, 6) is 2.38. The van der Waals surface area contributed by atoms with Gasteiger partial charge in [-0.1, -0.05) is 67.8 Å². The molecule has 1 aliphatic heterocycles. The number of aromatic nitrogens is 2. The van der Waals surface area contributed by atoms with Gasteiger partial charge in [0.2, 0.25) is 0 Å². The van der Waals surface area contributed by atoms with Crippen LogP contribution >= 0.6 is 0 Å². The summed E-state index contributed by atoms with van der Waals surface area (Å²) in [4.78, 5) is 20.3. The van der Waals surface area contributed by atoms with Gasteiger partial charge in [-0.05, 0) is 36.5 Å². The molecule has 1 amide bonds. The fourth-order valence-corrected chi connectivity index (χ4v) is 5.30. The average Bonchev–Trinajstić information content (AvgIpc) is 3.33. The highest BCUT2D eigenvalue weighted by atomic mass is 16.5. The fraction of sp³-hybridized carbons (Fsp3) is 0.429. The highest BCUT2D eigenvalue weighted by Crippen LogP contribution is 2.34. The minimum Gasteiger partial charge on any atom is -0.492 e. The molecule has 2 aliphatic rings. The van der Waals surface area contributed by atoms with Crippen molar-refractivity contribution in [3.63, 3.8) is 0 Å². The first-order valence-corrected chi connectivity index (χ1v) is 12.6. The van der Waals surface area contributed by atoms with E-state index in [4.69, 9.17) is 9.72 Å². The minimum atomic E-state index is -0.149. The number of nitrogens with one attached hydrogen (secondary N) is 1. The molecule has 1 N–H and O–H groups in total. The fourth-order valence-electron chi connectivity index (χ4n) is 5.30. The summed E-state index contributed by atoms with van der Waals surface area (Å²) in [7, 11) is 0. The Morgan fingerprint density at radius 1 is 0.971 bits per heavy atom. The van der Waals surface area contributed by atoms with Crippen molar-refractivity contribution < 1.29 is 9.53 Å². The van der Waals surface area contributed by atoms with Crippen molar-refractivity contribution in [2.75, 3.05) is 26.2 Å².